The molecule has 0 amide bonds. The SMILES string of the molecule is COc1ccc(C2COC(=O)CC(=O)OC2)cc1. The molecule has 2 rings (SSSR count). The number of benzene rings is 1. The van der Waals surface area contributed by atoms with Gasteiger partial charge in [0.15, 0.2) is 0 Å². The van der Waals surface area contributed by atoms with Gasteiger partial charge in [-0.1, -0.05) is 12.1 Å². The fourth-order valence-corrected chi connectivity index (χ4v) is 1.72. The smallest absolute Gasteiger partial charge is 0.317 e. The van der Waals surface area contributed by atoms with Crippen LogP contribution in [-0.2, 0) is 19.1 Å². The van der Waals surface area contributed by atoms with E-state index >= 15 is 0 Å². The molecule has 1 aromatic carbocycles. The molecule has 1 aliphatic rings. The summed E-state index contributed by atoms with van der Waals surface area (Å²) in [6.45, 7) is 0.441. The van der Waals surface area contributed by atoms with Crippen LogP contribution in [0.3, 0.4) is 0 Å². The lowest BCUT2D eigenvalue weighted by molar-refractivity contribution is -0.159. The molecule has 1 fully saturated rings. The van der Waals surface area contributed by atoms with Crippen molar-refractivity contribution in [3.8, 4) is 5.75 Å². The van der Waals surface area contributed by atoms with Gasteiger partial charge >= 0.3 is 11.9 Å². The van der Waals surface area contributed by atoms with Gasteiger partial charge in [0.1, 0.15) is 25.4 Å². The molecule has 18 heavy (non-hydrogen) atoms. The molecule has 1 aliphatic heterocycles. The number of cyclic esters (lactones) is 2. The van der Waals surface area contributed by atoms with E-state index in [-0.39, 0.29) is 25.6 Å². The molecule has 0 saturated carbocycles. The van der Waals surface area contributed by atoms with Gasteiger partial charge < -0.3 is 14.2 Å². The number of carbonyl (C=O) groups is 2. The molecule has 5 nitrogen and oxygen atoms in total. The van der Waals surface area contributed by atoms with Crippen molar-refractivity contribution >= 4 is 11.9 Å². The Morgan fingerprint density at radius 2 is 1.61 bits per heavy atom. The Hall–Kier alpha value is -2.04. The van der Waals surface area contributed by atoms with Gasteiger partial charge in [-0.2, -0.15) is 0 Å². The first-order chi connectivity index (χ1) is 8.69. The Morgan fingerprint density at radius 3 is 2.11 bits per heavy atom. The van der Waals surface area contributed by atoms with E-state index in [9.17, 15) is 9.59 Å². The van der Waals surface area contributed by atoms with Crippen molar-refractivity contribution in [3.05, 3.63) is 29.8 Å². The zero-order chi connectivity index (χ0) is 13.0. The summed E-state index contributed by atoms with van der Waals surface area (Å²) in [6, 6.07) is 7.37. The van der Waals surface area contributed by atoms with E-state index in [4.69, 9.17) is 14.2 Å². The zero-order valence-corrected chi connectivity index (χ0v) is 10.0. The van der Waals surface area contributed by atoms with Gasteiger partial charge in [-0.05, 0) is 17.7 Å². The molecule has 1 aromatic rings. The molecule has 0 aliphatic carbocycles. The predicted octanol–water partition coefficient (Wildman–Crippen LogP) is 1.27. The molecule has 0 N–H and O–H groups in total. The average molecular weight is 250 g/mol. The van der Waals surface area contributed by atoms with Crippen LogP contribution in [0, 0.1) is 0 Å². The fourth-order valence-electron chi connectivity index (χ4n) is 1.72. The molecular weight excluding hydrogens is 236 g/mol. The van der Waals surface area contributed by atoms with Gasteiger partial charge in [0.25, 0.3) is 0 Å². The lowest BCUT2D eigenvalue weighted by Crippen LogP contribution is -2.25. The van der Waals surface area contributed by atoms with E-state index in [1.807, 2.05) is 24.3 Å². The maximum absolute atomic E-state index is 11.2. The van der Waals surface area contributed by atoms with Gasteiger partial charge in [-0.15, -0.1) is 0 Å². The number of hydrogen-bond acceptors (Lipinski definition) is 5. The topological polar surface area (TPSA) is 61.8 Å². The van der Waals surface area contributed by atoms with Gasteiger partial charge in [-0.3, -0.25) is 9.59 Å². The van der Waals surface area contributed by atoms with Gasteiger partial charge in [-0.25, -0.2) is 0 Å². The molecule has 96 valence electrons. The summed E-state index contributed by atoms with van der Waals surface area (Å²) in [5.74, 6) is -0.473. The van der Waals surface area contributed by atoms with Gasteiger partial charge in [0.05, 0.1) is 13.0 Å². The Balaban J connectivity index is 2.09. The second-order valence-corrected chi connectivity index (χ2v) is 4.01. The summed E-state index contributed by atoms with van der Waals surface area (Å²) < 4.78 is 15.1. The maximum Gasteiger partial charge on any atom is 0.317 e. The lowest BCUT2D eigenvalue weighted by Gasteiger charge is -2.20. The van der Waals surface area contributed by atoms with E-state index in [0.29, 0.717) is 0 Å². The number of hydrogen-bond donors (Lipinski definition) is 0. The normalized spacial score (nSPS) is 17.4. The van der Waals surface area contributed by atoms with Gasteiger partial charge in [0.2, 0.25) is 0 Å². The van der Waals surface area contributed by atoms with Crippen LogP contribution < -0.4 is 4.74 Å². The lowest BCUT2D eigenvalue weighted by atomic mass is 10.0. The highest BCUT2D eigenvalue weighted by Crippen LogP contribution is 2.21. The largest absolute Gasteiger partial charge is 0.497 e. The summed E-state index contributed by atoms with van der Waals surface area (Å²) in [5, 5.41) is 0. The van der Waals surface area contributed by atoms with Crippen molar-refractivity contribution in [3.63, 3.8) is 0 Å². The quantitative estimate of drug-likeness (QED) is 0.584. The van der Waals surface area contributed by atoms with Crippen molar-refractivity contribution in [2.24, 2.45) is 0 Å². The Morgan fingerprint density at radius 1 is 1.06 bits per heavy atom. The number of carbonyl (C=O) groups excluding carboxylic acids is 2. The molecule has 0 aromatic heterocycles. The van der Waals surface area contributed by atoms with E-state index in [0.717, 1.165) is 11.3 Å². The number of methoxy groups -OCH3 is 1. The minimum atomic E-state index is -0.543. The number of rotatable bonds is 2. The molecule has 1 saturated heterocycles. The Kier molecular flexibility index (Phi) is 3.82. The molecular formula is C13H14O5. The van der Waals surface area contributed by atoms with Crippen molar-refractivity contribution in [1.82, 2.24) is 0 Å². The van der Waals surface area contributed by atoms with Crippen molar-refractivity contribution in [1.29, 1.82) is 0 Å². The first kappa shape index (κ1) is 12.4. The van der Waals surface area contributed by atoms with Crippen LogP contribution in [0.5, 0.6) is 5.75 Å². The third-order valence-electron chi connectivity index (χ3n) is 2.77. The summed E-state index contributed by atoms with van der Waals surface area (Å²) in [6.07, 6.45) is -0.310. The van der Waals surface area contributed by atoms with Gasteiger partial charge in [0, 0.05) is 0 Å². The Bertz CT molecular complexity index is 419. The average Bonchev–Trinajstić information content (AvgIpc) is 2.37. The summed E-state index contributed by atoms with van der Waals surface area (Å²) >= 11 is 0. The maximum atomic E-state index is 11.2. The van der Waals surface area contributed by atoms with E-state index in [1.54, 1.807) is 7.11 Å². The van der Waals surface area contributed by atoms with Crippen molar-refractivity contribution in [2.75, 3.05) is 20.3 Å². The minimum Gasteiger partial charge on any atom is -0.497 e. The molecule has 0 radical (unpaired) electrons. The second kappa shape index (κ2) is 5.53. The van der Waals surface area contributed by atoms with E-state index < -0.39 is 11.9 Å². The number of esters is 2. The van der Waals surface area contributed by atoms with Crippen LogP contribution in [0.25, 0.3) is 0 Å². The Labute approximate surface area is 105 Å². The van der Waals surface area contributed by atoms with E-state index in [1.165, 1.54) is 0 Å². The van der Waals surface area contributed by atoms with Crippen LogP contribution in [0.2, 0.25) is 0 Å². The first-order valence-corrected chi connectivity index (χ1v) is 5.64. The fraction of sp³-hybridized carbons (Fsp3) is 0.385. The minimum absolute atomic E-state index is 0.135. The van der Waals surface area contributed by atoms with E-state index in [2.05, 4.69) is 0 Å². The summed E-state index contributed by atoms with van der Waals surface area (Å²) in [7, 11) is 1.59. The van der Waals surface area contributed by atoms with Crippen LogP contribution in [-0.4, -0.2) is 32.3 Å². The molecule has 5 heteroatoms. The highest BCUT2D eigenvalue weighted by atomic mass is 16.6. The third kappa shape index (κ3) is 3.00. The summed E-state index contributed by atoms with van der Waals surface area (Å²) in [5.41, 5.74) is 0.943. The van der Waals surface area contributed by atoms with Crippen LogP contribution in [0.15, 0.2) is 24.3 Å². The number of ether oxygens (including phenoxy) is 3. The first-order valence-electron chi connectivity index (χ1n) is 5.64. The third-order valence-corrected chi connectivity index (χ3v) is 2.77. The molecule has 0 atom stereocenters. The molecule has 0 bridgehead atoms. The monoisotopic (exact) mass is 250 g/mol. The second-order valence-electron chi connectivity index (χ2n) is 4.01. The van der Waals surface area contributed by atoms with Crippen molar-refractivity contribution in [2.45, 2.75) is 12.3 Å². The van der Waals surface area contributed by atoms with Crippen LogP contribution in [0.1, 0.15) is 17.9 Å². The van der Waals surface area contributed by atoms with Crippen LogP contribution in [0.4, 0.5) is 0 Å². The highest BCUT2D eigenvalue weighted by molar-refractivity contribution is 5.91. The predicted molar refractivity (Wildman–Crippen MR) is 62.3 cm³/mol. The molecule has 1 heterocycles. The van der Waals surface area contributed by atoms with Crippen LogP contribution >= 0.6 is 0 Å². The molecule has 0 spiro atoms. The standard InChI is InChI=1S/C13H14O5/c1-16-11-4-2-9(3-5-11)10-7-17-12(14)6-13(15)18-8-10/h2-5,10H,6-8H2,1H3. The summed E-state index contributed by atoms with van der Waals surface area (Å²) in [4.78, 5) is 22.4. The van der Waals surface area contributed by atoms with Crippen molar-refractivity contribution < 1.29 is 23.8 Å². The molecule has 0 unspecified atom stereocenters. The highest BCUT2D eigenvalue weighted by Gasteiger charge is 2.22. The zero-order valence-electron chi connectivity index (χ0n) is 10.0.